The first-order chi connectivity index (χ1) is 23.4. The van der Waals surface area contributed by atoms with Crippen molar-refractivity contribution in [3.05, 3.63) is 71.5 Å². The summed E-state index contributed by atoms with van der Waals surface area (Å²) >= 11 is 0. The molecule has 3 aromatic carbocycles. The number of unbranched alkanes of at least 4 members (excludes halogenated alkanes) is 7. The molecule has 0 heterocycles. The summed E-state index contributed by atoms with van der Waals surface area (Å²) < 4.78 is 147. The summed E-state index contributed by atoms with van der Waals surface area (Å²) in [6.07, 6.45) is -2.80. The quantitative estimate of drug-likeness (QED) is 0.0533. The van der Waals surface area contributed by atoms with E-state index in [-0.39, 0.29) is 11.3 Å². The molecule has 0 aliphatic heterocycles. The highest BCUT2D eigenvalue weighted by Crippen LogP contribution is 2.54. The average molecular weight is 727 g/mol. The zero-order chi connectivity index (χ0) is 37.2. The van der Waals surface area contributed by atoms with Crippen LogP contribution < -0.4 is 9.47 Å². The van der Waals surface area contributed by atoms with E-state index >= 15 is 0 Å². The van der Waals surface area contributed by atoms with Crippen LogP contribution in [-0.2, 0) is 4.74 Å². The Morgan fingerprint density at radius 2 is 1.20 bits per heavy atom. The topological polar surface area (TPSA) is 61.8 Å². The molecule has 0 N–H and O–H groups in total. The zero-order valence-electron chi connectivity index (χ0n) is 27.0. The number of carbonyl (C=O) groups is 2. The number of ether oxygens (including phenoxy) is 3. The lowest BCUT2D eigenvalue weighted by atomic mass is 9.99. The maximum absolute atomic E-state index is 14.6. The van der Waals surface area contributed by atoms with Crippen LogP contribution in [0.5, 0.6) is 11.5 Å². The van der Waals surface area contributed by atoms with Crippen molar-refractivity contribution in [2.24, 2.45) is 0 Å². The second-order valence-electron chi connectivity index (χ2n) is 11.7. The van der Waals surface area contributed by atoms with Gasteiger partial charge in [0, 0.05) is 6.42 Å². The van der Waals surface area contributed by atoms with Gasteiger partial charge in [0.05, 0.1) is 24.3 Å². The molecule has 0 aromatic heterocycles. The van der Waals surface area contributed by atoms with Gasteiger partial charge in [0.1, 0.15) is 5.75 Å². The summed E-state index contributed by atoms with van der Waals surface area (Å²) in [6, 6.07) is 12.3. The molecule has 0 saturated heterocycles. The summed E-state index contributed by atoms with van der Waals surface area (Å²) in [7, 11) is 0. The van der Waals surface area contributed by atoms with E-state index in [4.69, 9.17) is 14.2 Å². The van der Waals surface area contributed by atoms with Crippen LogP contribution in [0.15, 0.2) is 54.6 Å². The second-order valence-corrected chi connectivity index (χ2v) is 11.7. The van der Waals surface area contributed by atoms with E-state index in [0.29, 0.717) is 22.9 Å². The minimum absolute atomic E-state index is 0.105. The number of fused-ring (bicyclic) bond motifs is 1. The number of hydrogen-bond donors (Lipinski definition) is 0. The first-order valence-corrected chi connectivity index (χ1v) is 16.0. The van der Waals surface area contributed by atoms with Crippen molar-refractivity contribution in [1.29, 1.82) is 0 Å². The Hall–Kier alpha value is -4.04. The molecule has 0 amide bonds. The Kier molecular flexibility index (Phi) is 13.9. The largest absolute Gasteiger partial charge is 0.491 e. The molecule has 276 valence electrons. The van der Waals surface area contributed by atoms with Crippen molar-refractivity contribution >= 4 is 22.7 Å². The fraction of sp³-hybridized carbons (Fsp3) is 0.486. The van der Waals surface area contributed by atoms with Gasteiger partial charge < -0.3 is 14.2 Å². The fourth-order valence-electron chi connectivity index (χ4n) is 4.83. The lowest BCUT2D eigenvalue weighted by molar-refractivity contribution is -0.396. The van der Waals surface area contributed by atoms with E-state index in [2.05, 4.69) is 6.92 Å². The van der Waals surface area contributed by atoms with E-state index in [0.717, 1.165) is 43.9 Å². The first kappa shape index (κ1) is 40.4. The third kappa shape index (κ3) is 10.3. The van der Waals surface area contributed by atoms with Crippen molar-refractivity contribution in [3.8, 4) is 11.5 Å². The van der Waals surface area contributed by atoms with Crippen molar-refractivity contribution in [1.82, 2.24) is 0 Å². The Morgan fingerprint density at radius 1 is 0.620 bits per heavy atom. The molecular formula is C35H36F10O5. The van der Waals surface area contributed by atoms with Crippen molar-refractivity contribution in [3.63, 3.8) is 0 Å². The van der Waals surface area contributed by atoms with Gasteiger partial charge >= 0.3 is 35.9 Å². The van der Waals surface area contributed by atoms with Gasteiger partial charge in [-0.3, -0.25) is 0 Å². The molecule has 0 fully saturated rings. The van der Waals surface area contributed by atoms with Gasteiger partial charge in [0.25, 0.3) is 0 Å². The number of rotatable bonds is 19. The van der Waals surface area contributed by atoms with Crippen LogP contribution >= 0.6 is 0 Å². The number of hydrogen-bond acceptors (Lipinski definition) is 5. The van der Waals surface area contributed by atoms with Crippen molar-refractivity contribution in [2.45, 2.75) is 95.1 Å². The third-order valence-corrected chi connectivity index (χ3v) is 7.76. The van der Waals surface area contributed by atoms with Gasteiger partial charge in [-0.15, -0.1) is 0 Å². The van der Waals surface area contributed by atoms with Crippen LogP contribution in [0.3, 0.4) is 0 Å². The van der Waals surface area contributed by atoms with Crippen LogP contribution in [0, 0.1) is 5.82 Å². The Labute approximate surface area is 281 Å². The smallest absolute Gasteiger partial charge is 0.460 e. The highest BCUT2D eigenvalue weighted by Gasteiger charge is 2.81. The van der Waals surface area contributed by atoms with E-state index in [1.807, 2.05) is 0 Å². The predicted octanol–water partition coefficient (Wildman–Crippen LogP) is 11.1. The fourth-order valence-corrected chi connectivity index (χ4v) is 4.83. The SMILES string of the molecule is CCCCCCCCCOC(=O)c1ccc2cc(OC(=O)c3ccc(OCCCCC(F)(F)C(F)(F)C(F)(F)C(F)(F)F)c(F)c3)ccc2c1. The molecule has 0 unspecified atom stereocenters. The molecule has 3 rings (SSSR count). The Morgan fingerprint density at radius 3 is 1.86 bits per heavy atom. The summed E-state index contributed by atoms with van der Waals surface area (Å²) in [5.74, 6) is -22.3. The third-order valence-electron chi connectivity index (χ3n) is 7.76. The summed E-state index contributed by atoms with van der Waals surface area (Å²) in [5, 5.41) is 1.30. The lowest BCUT2D eigenvalue weighted by Gasteiger charge is -2.33. The second kappa shape index (κ2) is 17.3. The molecule has 5 nitrogen and oxygen atoms in total. The summed E-state index contributed by atoms with van der Waals surface area (Å²) in [5.41, 5.74) is 0.106. The van der Waals surface area contributed by atoms with Gasteiger partial charge in [0.15, 0.2) is 11.6 Å². The molecule has 0 spiro atoms. The molecule has 0 atom stereocenters. The number of esters is 2. The highest BCUT2D eigenvalue weighted by atomic mass is 19.4. The van der Waals surface area contributed by atoms with Crippen LogP contribution in [0.4, 0.5) is 43.9 Å². The molecular weight excluding hydrogens is 690 g/mol. The summed E-state index contributed by atoms with van der Waals surface area (Å²) in [4.78, 5) is 25.1. The molecule has 3 aromatic rings. The highest BCUT2D eigenvalue weighted by molar-refractivity contribution is 5.96. The maximum atomic E-state index is 14.6. The minimum Gasteiger partial charge on any atom is -0.491 e. The van der Waals surface area contributed by atoms with Gasteiger partial charge in [0.2, 0.25) is 0 Å². The lowest BCUT2D eigenvalue weighted by Crippen LogP contribution is -2.60. The Bertz CT molecular complexity index is 1590. The van der Waals surface area contributed by atoms with Gasteiger partial charge in [-0.1, -0.05) is 57.6 Å². The summed E-state index contributed by atoms with van der Waals surface area (Å²) in [6.45, 7) is 1.88. The number of alkyl halides is 9. The van der Waals surface area contributed by atoms with E-state index in [9.17, 15) is 53.5 Å². The van der Waals surface area contributed by atoms with E-state index in [1.54, 1.807) is 24.3 Å². The molecule has 15 heteroatoms. The number of halogens is 10. The number of benzene rings is 3. The van der Waals surface area contributed by atoms with Crippen LogP contribution in [-0.4, -0.2) is 49.1 Å². The molecule has 0 bridgehead atoms. The standard InChI is InChI=1S/C35H36F10O5/c1-2-3-4-5-6-7-9-19-49-30(46)25-12-11-24-21-27(15-13-23(24)20-25)50-31(47)26-14-16-29(28(36)22-26)48-18-10-8-17-32(37,38)33(39,40)34(41,42)35(43,44)45/h11-16,20-22H,2-10,17-19H2,1H3. The van der Waals surface area contributed by atoms with Gasteiger partial charge in [-0.2, -0.15) is 39.5 Å². The zero-order valence-corrected chi connectivity index (χ0v) is 27.0. The van der Waals surface area contributed by atoms with Crippen molar-refractivity contribution < 1.29 is 67.7 Å². The molecule has 0 aliphatic carbocycles. The van der Waals surface area contributed by atoms with Crippen LogP contribution in [0.2, 0.25) is 0 Å². The van der Waals surface area contributed by atoms with Gasteiger partial charge in [-0.25, -0.2) is 14.0 Å². The van der Waals surface area contributed by atoms with Crippen LogP contribution in [0.1, 0.15) is 91.8 Å². The van der Waals surface area contributed by atoms with E-state index < -0.39 is 73.3 Å². The number of carbonyl (C=O) groups excluding carboxylic acids is 2. The van der Waals surface area contributed by atoms with Gasteiger partial charge in [-0.05, 0) is 72.5 Å². The van der Waals surface area contributed by atoms with E-state index in [1.165, 1.54) is 31.4 Å². The van der Waals surface area contributed by atoms with Crippen molar-refractivity contribution in [2.75, 3.05) is 13.2 Å². The monoisotopic (exact) mass is 726 g/mol. The molecule has 0 aliphatic rings. The maximum Gasteiger partial charge on any atom is 0.460 e. The predicted molar refractivity (Wildman–Crippen MR) is 164 cm³/mol. The average Bonchev–Trinajstić information content (AvgIpc) is 3.05. The normalized spacial score (nSPS) is 12.6. The Balaban J connectivity index is 1.48. The molecule has 0 saturated carbocycles. The van der Waals surface area contributed by atoms with Crippen LogP contribution in [0.25, 0.3) is 10.8 Å². The minimum atomic E-state index is -6.96. The molecule has 0 radical (unpaired) electrons. The molecule has 50 heavy (non-hydrogen) atoms. The first-order valence-electron chi connectivity index (χ1n) is 16.0.